The highest BCUT2D eigenvalue weighted by atomic mass is 79.9. The van der Waals surface area contributed by atoms with Crippen LogP contribution in [-0.2, 0) is 6.61 Å². The van der Waals surface area contributed by atoms with Crippen molar-refractivity contribution in [2.45, 2.75) is 13.5 Å². The fourth-order valence-electron chi connectivity index (χ4n) is 1.61. The molecule has 0 aliphatic heterocycles. The molecular weight excluding hydrogens is 314 g/mol. The summed E-state index contributed by atoms with van der Waals surface area (Å²) < 4.78 is 6.72. The van der Waals surface area contributed by atoms with Gasteiger partial charge >= 0.3 is 0 Å². The number of anilines is 1. The molecule has 94 valence electrons. The van der Waals surface area contributed by atoms with E-state index < -0.39 is 0 Å². The molecule has 0 radical (unpaired) electrons. The molecule has 0 aromatic heterocycles. The zero-order chi connectivity index (χ0) is 13.1. The summed E-state index contributed by atoms with van der Waals surface area (Å²) in [5.74, 6) is 0.776. The molecule has 0 spiro atoms. The molecule has 2 nitrogen and oxygen atoms in total. The summed E-state index contributed by atoms with van der Waals surface area (Å²) >= 11 is 9.41. The number of nitrogen functional groups attached to an aromatic ring is 1. The van der Waals surface area contributed by atoms with E-state index in [-0.39, 0.29) is 0 Å². The molecule has 0 heterocycles. The summed E-state index contributed by atoms with van der Waals surface area (Å²) in [7, 11) is 0. The summed E-state index contributed by atoms with van der Waals surface area (Å²) in [6, 6.07) is 11.3. The fraction of sp³-hybridized carbons (Fsp3) is 0.143. The van der Waals surface area contributed by atoms with Gasteiger partial charge < -0.3 is 10.5 Å². The van der Waals surface area contributed by atoms with Gasteiger partial charge in [0.15, 0.2) is 0 Å². The molecule has 18 heavy (non-hydrogen) atoms. The van der Waals surface area contributed by atoms with Crippen molar-refractivity contribution in [3.8, 4) is 5.75 Å². The van der Waals surface area contributed by atoms with E-state index in [1.54, 1.807) is 0 Å². The molecule has 2 aromatic carbocycles. The van der Waals surface area contributed by atoms with Gasteiger partial charge in [0.25, 0.3) is 0 Å². The molecule has 0 aliphatic rings. The van der Waals surface area contributed by atoms with Gasteiger partial charge in [-0.15, -0.1) is 0 Å². The lowest BCUT2D eigenvalue weighted by atomic mass is 10.2. The normalized spacial score (nSPS) is 10.4. The predicted octanol–water partition coefficient (Wildman–Crippen LogP) is 4.57. The molecule has 2 aromatic rings. The van der Waals surface area contributed by atoms with E-state index in [1.165, 1.54) is 0 Å². The summed E-state index contributed by atoms with van der Waals surface area (Å²) in [6.45, 7) is 2.39. The van der Waals surface area contributed by atoms with E-state index in [2.05, 4.69) is 15.9 Å². The van der Waals surface area contributed by atoms with E-state index in [4.69, 9.17) is 22.1 Å². The number of aryl methyl sites for hydroxylation is 1. The minimum atomic E-state index is 0.411. The molecule has 0 bridgehead atoms. The average Bonchev–Trinajstić information content (AvgIpc) is 2.33. The van der Waals surface area contributed by atoms with Crippen LogP contribution in [0.4, 0.5) is 5.69 Å². The Labute approximate surface area is 120 Å². The van der Waals surface area contributed by atoms with Gasteiger partial charge in [0.1, 0.15) is 12.4 Å². The SMILES string of the molecule is Cc1ccc(Cl)cc1OCc1c(N)cccc1Br. The first-order valence-corrected chi connectivity index (χ1v) is 6.67. The van der Waals surface area contributed by atoms with Crippen molar-refractivity contribution in [1.29, 1.82) is 0 Å². The molecular formula is C14H13BrClNO. The second-order valence-electron chi connectivity index (χ2n) is 4.01. The van der Waals surface area contributed by atoms with Crippen molar-refractivity contribution in [2.75, 3.05) is 5.73 Å². The lowest BCUT2D eigenvalue weighted by Crippen LogP contribution is -2.02. The van der Waals surface area contributed by atoms with Crippen LogP contribution in [0.25, 0.3) is 0 Å². The largest absolute Gasteiger partial charge is 0.488 e. The zero-order valence-corrected chi connectivity index (χ0v) is 12.3. The van der Waals surface area contributed by atoms with E-state index in [0.29, 0.717) is 17.3 Å². The van der Waals surface area contributed by atoms with E-state index in [0.717, 1.165) is 21.3 Å². The van der Waals surface area contributed by atoms with Crippen LogP contribution in [0, 0.1) is 6.92 Å². The lowest BCUT2D eigenvalue weighted by molar-refractivity contribution is 0.304. The van der Waals surface area contributed by atoms with Crippen molar-refractivity contribution in [3.05, 3.63) is 57.0 Å². The Hall–Kier alpha value is -1.19. The van der Waals surface area contributed by atoms with Gasteiger partial charge in [0.2, 0.25) is 0 Å². The number of rotatable bonds is 3. The maximum atomic E-state index is 5.95. The first-order chi connectivity index (χ1) is 8.58. The molecule has 0 unspecified atom stereocenters. The van der Waals surface area contributed by atoms with Crippen molar-refractivity contribution < 1.29 is 4.74 Å². The summed E-state index contributed by atoms with van der Waals surface area (Å²) in [5, 5.41) is 0.663. The molecule has 0 atom stereocenters. The van der Waals surface area contributed by atoms with E-state index in [9.17, 15) is 0 Å². The molecule has 0 aliphatic carbocycles. The number of ether oxygens (including phenoxy) is 1. The number of nitrogens with two attached hydrogens (primary N) is 1. The third kappa shape index (κ3) is 2.98. The highest BCUT2D eigenvalue weighted by Gasteiger charge is 2.06. The van der Waals surface area contributed by atoms with Crippen LogP contribution in [0.3, 0.4) is 0 Å². The first kappa shape index (κ1) is 13.2. The van der Waals surface area contributed by atoms with Crippen molar-refractivity contribution >= 4 is 33.2 Å². The van der Waals surface area contributed by atoms with Crippen molar-refractivity contribution in [2.24, 2.45) is 0 Å². The molecule has 0 saturated carbocycles. The van der Waals surface area contributed by atoms with Gasteiger partial charge in [-0.1, -0.05) is 39.7 Å². The quantitative estimate of drug-likeness (QED) is 0.838. The van der Waals surface area contributed by atoms with Gasteiger partial charge in [-0.05, 0) is 36.8 Å². The Morgan fingerprint density at radius 1 is 1.28 bits per heavy atom. The molecule has 0 saturated heterocycles. The lowest BCUT2D eigenvalue weighted by Gasteiger charge is -2.12. The zero-order valence-electron chi connectivity index (χ0n) is 9.91. The Morgan fingerprint density at radius 2 is 2.06 bits per heavy atom. The second kappa shape index (κ2) is 5.63. The van der Waals surface area contributed by atoms with Crippen LogP contribution >= 0.6 is 27.5 Å². The number of hydrogen-bond donors (Lipinski definition) is 1. The molecule has 2 rings (SSSR count). The highest BCUT2D eigenvalue weighted by Crippen LogP contribution is 2.27. The van der Waals surface area contributed by atoms with Crippen LogP contribution in [-0.4, -0.2) is 0 Å². The molecule has 2 N–H and O–H groups in total. The summed E-state index contributed by atoms with van der Waals surface area (Å²) in [4.78, 5) is 0. The predicted molar refractivity (Wildman–Crippen MR) is 79.1 cm³/mol. The average molecular weight is 327 g/mol. The van der Waals surface area contributed by atoms with E-state index >= 15 is 0 Å². The Bertz CT molecular complexity index is 551. The summed E-state index contributed by atoms with van der Waals surface area (Å²) in [5.41, 5.74) is 8.62. The molecule has 0 amide bonds. The molecule has 4 heteroatoms. The second-order valence-corrected chi connectivity index (χ2v) is 5.30. The minimum absolute atomic E-state index is 0.411. The van der Waals surface area contributed by atoms with Crippen molar-refractivity contribution in [3.63, 3.8) is 0 Å². The third-order valence-corrected chi connectivity index (χ3v) is 3.66. The topological polar surface area (TPSA) is 35.2 Å². The summed E-state index contributed by atoms with van der Waals surface area (Å²) in [6.07, 6.45) is 0. The van der Waals surface area contributed by atoms with Crippen LogP contribution < -0.4 is 10.5 Å². The molecule has 0 fully saturated rings. The maximum Gasteiger partial charge on any atom is 0.124 e. The monoisotopic (exact) mass is 325 g/mol. The Kier molecular flexibility index (Phi) is 4.15. The van der Waals surface area contributed by atoms with Gasteiger partial charge in [0, 0.05) is 20.7 Å². The third-order valence-electron chi connectivity index (χ3n) is 2.68. The Balaban J connectivity index is 2.19. The highest BCUT2D eigenvalue weighted by molar-refractivity contribution is 9.10. The maximum absolute atomic E-state index is 5.95. The number of benzene rings is 2. The van der Waals surface area contributed by atoms with Gasteiger partial charge in [-0.3, -0.25) is 0 Å². The standard InChI is InChI=1S/C14H13BrClNO/c1-9-5-6-10(16)7-14(9)18-8-11-12(15)3-2-4-13(11)17/h2-7H,8,17H2,1H3. The smallest absolute Gasteiger partial charge is 0.124 e. The van der Waals surface area contributed by atoms with Crippen LogP contribution in [0.5, 0.6) is 5.75 Å². The van der Waals surface area contributed by atoms with Crippen LogP contribution in [0.15, 0.2) is 40.9 Å². The first-order valence-electron chi connectivity index (χ1n) is 5.50. The fourth-order valence-corrected chi connectivity index (χ4v) is 2.27. The van der Waals surface area contributed by atoms with Crippen LogP contribution in [0.2, 0.25) is 5.02 Å². The van der Waals surface area contributed by atoms with Gasteiger partial charge in [-0.25, -0.2) is 0 Å². The number of hydrogen-bond acceptors (Lipinski definition) is 2. The van der Waals surface area contributed by atoms with Gasteiger partial charge in [-0.2, -0.15) is 0 Å². The van der Waals surface area contributed by atoms with Gasteiger partial charge in [0.05, 0.1) is 0 Å². The van der Waals surface area contributed by atoms with Crippen molar-refractivity contribution in [1.82, 2.24) is 0 Å². The minimum Gasteiger partial charge on any atom is -0.488 e. The number of halogens is 2. The van der Waals surface area contributed by atoms with Crippen LogP contribution in [0.1, 0.15) is 11.1 Å². The van der Waals surface area contributed by atoms with E-state index in [1.807, 2.05) is 43.3 Å². The Morgan fingerprint density at radius 3 is 2.78 bits per heavy atom.